The summed E-state index contributed by atoms with van der Waals surface area (Å²) in [6.07, 6.45) is 6.96. The van der Waals surface area contributed by atoms with E-state index in [0.29, 0.717) is 38.8 Å². The van der Waals surface area contributed by atoms with Crippen molar-refractivity contribution in [2.75, 3.05) is 5.75 Å². The van der Waals surface area contributed by atoms with Crippen LogP contribution in [-0.4, -0.2) is 32.8 Å². The van der Waals surface area contributed by atoms with E-state index in [1.54, 1.807) is 22.8 Å². The number of amides is 3. The molecule has 0 radical (unpaired) electrons. The molecule has 176 valence electrons. The van der Waals surface area contributed by atoms with Gasteiger partial charge in [0, 0.05) is 16.6 Å². The van der Waals surface area contributed by atoms with Gasteiger partial charge in [-0.2, -0.15) is 0 Å². The van der Waals surface area contributed by atoms with Crippen LogP contribution in [0.1, 0.15) is 58.4 Å². The van der Waals surface area contributed by atoms with E-state index in [1.165, 1.54) is 19.3 Å². The van der Waals surface area contributed by atoms with E-state index in [1.807, 2.05) is 13.8 Å². The fourth-order valence-corrected chi connectivity index (χ4v) is 7.63. The van der Waals surface area contributed by atoms with Gasteiger partial charge in [0.05, 0.1) is 16.7 Å². The summed E-state index contributed by atoms with van der Waals surface area (Å²) in [5, 5.41) is 7.05. The predicted molar refractivity (Wildman–Crippen MR) is 130 cm³/mol. The lowest BCUT2D eigenvalue weighted by atomic mass is 9.53. The van der Waals surface area contributed by atoms with Gasteiger partial charge >= 0.3 is 6.03 Å². The number of fused-ring (bicyclic) bond motifs is 1. The van der Waals surface area contributed by atoms with Crippen LogP contribution in [0.2, 0.25) is 5.02 Å². The molecule has 4 saturated carbocycles. The molecule has 2 aromatic rings. The molecule has 0 atom stereocenters. The van der Waals surface area contributed by atoms with Gasteiger partial charge in [0.2, 0.25) is 5.91 Å². The van der Waals surface area contributed by atoms with Crippen molar-refractivity contribution >= 4 is 46.2 Å². The third-order valence-corrected chi connectivity index (χ3v) is 8.54. The number of benzene rings is 1. The van der Waals surface area contributed by atoms with Crippen LogP contribution in [0.5, 0.6) is 0 Å². The van der Waals surface area contributed by atoms with Gasteiger partial charge < -0.3 is 5.32 Å². The highest BCUT2D eigenvalue weighted by Gasteiger charge is 2.51. The van der Waals surface area contributed by atoms with E-state index in [4.69, 9.17) is 11.6 Å². The minimum absolute atomic E-state index is 0.0144. The Morgan fingerprint density at radius 2 is 1.82 bits per heavy atom. The summed E-state index contributed by atoms with van der Waals surface area (Å²) in [7, 11) is 0. The van der Waals surface area contributed by atoms with E-state index in [2.05, 4.69) is 15.6 Å². The fourth-order valence-electron chi connectivity index (χ4n) is 6.54. The lowest BCUT2D eigenvalue weighted by molar-refractivity contribution is -0.117. The van der Waals surface area contributed by atoms with Crippen molar-refractivity contribution < 1.29 is 9.59 Å². The molecule has 1 aromatic heterocycles. The number of hydrogen-bond donors (Lipinski definition) is 2. The molecule has 4 bridgehead atoms. The Bertz CT molecular complexity index is 1140. The zero-order valence-electron chi connectivity index (χ0n) is 18.9. The van der Waals surface area contributed by atoms with Crippen molar-refractivity contribution in [3.05, 3.63) is 33.6 Å². The van der Waals surface area contributed by atoms with Crippen molar-refractivity contribution in [3.63, 3.8) is 0 Å². The molecule has 7 nitrogen and oxygen atoms in total. The summed E-state index contributed by atoms with van der Waals surface area (Å²) in [4.78, 5) is 42.8. The van der Waals surface area contributed by atoms with Crippen LogP contribution in [0.4, 0.5) is 4.79 Å². The topological polar surface area (TPSA) is 93.1 Å². The maximum absolute atomic E-state index is 13.0. The van der Waals surface area contributed by atoms with Crippen molar-refractivity contribution in [2.45, 2.75) is 69.1 Å². The van der Waals surface area contributed by atoms with E-state index in [0.717, 1.165) is 31.0 Å². The number of hydrogen-bond acceptors (Lipinski definition) is 5. The SMILES string of the molecule is CC(C)n1c(SCC(=O)NC(=O)NC23CC4CC(CC(C4)C2)C3)nc2cc(Cl)ccc2c1=O. The number of halogens is 1. The summed E-state index contributed by atoms with van der Waals surface area (Å²) in [6.45, 7) is 3.79. The van der Waals surface area contributed by atoms with Crippen LogP contribution < -0.4 is 16.2 Å². The van der Waals surface area contributed by atoms with Gasteiger partial charge in [0.1, 0.15) is 0 Å². The zero-order chi connectivity index (χ0) is 23.3. The van der Waals surface area contributed by atoms with Crippen LogP contribution in [0.25, 0.3) is 10.9 Å². The van der Waals surface area contributed by atoms with Crippen LogP contribution in [0, 0.1) is 17.8 Å². The summed E-state index contributed by atoms with van der Waals surface area (Å²) in [5.41, 5.74) is 0.171. The third-order valence-electron chi connectivity index (χ3n) is 7.35. The first-order valence-corrected chi connectivity index (χ1v) is 13.0. The smallest absolute Gasteiger partial charge is 0.321 e. The molecule has 4 aliphatic rings. The number of urea groups is 1. The molecule has 0 saturated heterocycles. The van der Waals surface area contributed by atoms with E-state index in [9.17, 15) is 14.4 Å². The summed E-state index contributed by atoms with van der Waals surface area (Å²) < 4.78 is 1.57. The molecule has 9 heteroatoms. The number of carbonyl (C=O) groups is 2. The number of thioether (sulfide) groups is 1. The molecule has 0 aliphatic heterocycles. The average Bonchev–Trinajstić information content (AvgIpc) is 2.70. The maximum Gasteiger partial charge on any atom is 0.321 e. The first-order chi connectivity index (χ1) is 15.7. The van der Waals surface area contributed by atoms with Crippen LogP contribution in [0.15, 0.2) is 28.2 Å². The van der Waals surface area contributed by atoms with Gasteiger partial charge in [0.15, 0.2) is 5.16 Å². The number of carbonyl (C=O) groups excluding carboxylic acids is 2. The van der Waals surface area contributed by atoms with Gasteiger partial charge in [-0.3, -0.25) is 19.5 Å². The van der Waals surface area contributed by atoms with Gasteiger partial charge in [-0.1, -0.05) is 23.4 Å². The minimum Gasteiger partial charge on any atom is -0.332 e. The zero-order valence-corrected chi connectivity index (χ0v) is 20.5. The third kappa shape index (κ3) is 4.52. The van der Waals surface area contributed by atoms with Crippen molar-refractivity contribution in [1.29, 1.82) is 0 Å². The Morgan fingerprint density at radius 3 is 2.42 bits per heavy atom. The molecule has 4 aliphatic carbocycles. The quantitative estimate of drug-likeness (QED) is 0.477. The Balaban J connectivity index is 1.25. The molecule has 1 heterocycles. The number of rotatable bonds is 5. The molecule has 3 amide bonds. The number of aromatic nitrogens is 2. The molecule has 6 rings (SSSR count). The molecule has 4 fully saturated rings. The summed E-state index contributed by atoms with van der Waals surface area (Å²) in [5.74, 6) is 1.71. The second-order valence-electron chi connectivity index (χ2n) is 10.3. The molecule has 0 unspecified atom stereocenters. The molecule has 1 aromatic carbocycles. The summed E-state index contributed by atoms with van der Waals surface area (Å²) >= 11 is 7.22. The average molecular weight is 489 g/mol. The Hall–Kier alpha value is -2.06. The highest BCUT2D eigenvalue weighted by atomic mass is 35.5. The number of imide groups is 1. The first kappa shape index (κ1) is 22.7. The van der Waals surface area contributed by atoms with Gasteiger partial charge in [-0.05, 0) is 88.3 Å². The normalized spacial score (nSPS) is 27.8. The van der Waals surface area contributed by atoms with Crippen LogP contribution >= 0.6 is 23.4 Å². The highest BCUT2D eigenvalue weighted by molar-refractivity contribution is 7.99. The lowest BCUT2D eigenvalue weighted by Crippen LogP contribution is -2.61. The molecular formula is C24H29ClN4O3S. The maximum atomic E-state index is 13.0. The number of nitrogens with one attached hydrogen (secondary N) is 2. The second kappa shape index (κ2) is 8.62. The highest BCUT2D eigenvalue weighted by Crippen LogP contribution is 2.55. The van der Waals surface area contributed by atoms with Crippen LogP contribution in [-0.2, 0) is 4.79 Å². The van der Waals surface area contributed by atoms with Gasteiger partial charge in [-0.25, -0.2) is 9.78 Å². The first-order valence-electron chi connectivity index (χ1n) is 11.7. The van der Waals surface area contributed by atoms with Crippen LogP contribution in [0.3, 0.4) is 0 Å². The summed E-state index contributed by atoms with van der Waals surface area (Å²) in [6, 6.07) is 4.44. The lowest BCUT2D eigenvalue weighted by Gasteiger charge is -2.56. The monoisotopic (exact) mass is 488 g/mol. The Morgan fingerprint density at radius 1 is 1.18 bits per heavy atom. The molecular weight excluding hydrogens is 460 g/mol. The van der Waals surface area contributed by atoms with E-state index < -0.39 is 11.9 Å². The van der Waals surface area contributed by atoms with Gasteiger partial charge in [0.25, 0.3) is 5.56 Å². The standard InChI is InChI=1S/C24H29ClN4O3S/c1-13(2)29-21(31)18-4-3-17(25)8-19(18)26-23(29)33-12-20(30)27-22(32)28-24-9-14-5-15(10-24)7-16(6-14)11-24/h3-4,8,13-16H,5-7,9-12H2,1-2H3,(H2,27,28,30,32). The largest absolute Gasteiger partial charge is 0.332 e. The second-order valence-corrected chi connectivity index (χ2v) is 11.7. The van der Waals surface area contributed by atoms with Crippen molar-refractivity contribution in [2.24, 2.45) is 17.8 Å². The fraction of sp³-hybridized carbons (Fsp3) is 0.583. The molecule has 0 spiro atoms. The van der Waals surface area contributed by atoms with Gasteiger partial charge in [-0.15, -0.1) is 0 Å². The minimum atomic E-state index is -0.415. The van der Waals surface area contributed by atoms with E-state index in [-0.39, 0.29) is 22.9 Å². The predicted octanol–water partition coefficient (Wildman–Crippen LogP) is 4.52. The van der Waals surface area contributed by atoms with Crippen molar-refractivity contribution in [1.82, 2.24) is 20.2 Å². The number of nitrogens with zero attached hydrogens (tertiary/aromatic N) is 2. The molecule has 2 N–H and O–H groups in total. The Labute approximate surface area is 202 Å². The van der Waals surface area contributed by atoms with Crippen molar-refractivity contribution in [3.8, 4) is 0 Å². The molecule has 33 heavy (non-hydrogen) atoms. The Kier molecular flexibility index (Phi) is 5.93. The van der Waals surface area contributed by atoms with E-state index >= 15 is 0 Å².